The number of ketones is 2. The molecule has 0 rings (SSSR count). The molecular formula is C36H74Cl2N2O4. The molecule has 0 saturated heterocycles. The van der Waals surface area contributed by atoms with Gasteiger partial charge in [0.1, 0.15) is 13.2 Å². The Morgan fingerprint density at radius 2 is 0.636 bits per heavy atom. The molecule has 0 amide bonds. The molecule has 0 atom stereocenters. The van der Waals surface area contributed by atoms with Crippen molar-refractivity contribution in [3.8, 4) is 0 Å². The lowest BCUT2D eigenvalue weighted by Crippen LogP contribution is -3.05. The Labute approximate surface area is 286 Å². The van der Waals surface area contributed by atoms with E-state index in [0.717, 1.165) is 38.5 Å². The number of unbranched alkanes of at least 4 members (excludes halogenated alkanes) is 19. The van der Waals surface area contributed by atoms with Gasteiger partial charge >= 0.3 is 0 Å². The lowest BCUT2D eigenvalue weighted by Gasteiger charge is -2.07. The molecule has 0 aromatic carbocycles. The van der Waals surface area contributed by atoms with E-state index >= 15 is 0 Å². The third-order valence-electron chi connectivity index (χ3n) is 8.12. The van der Waals surface area contributed by atoms with Crippen molar-refractivity contribution in [2.24, 2.45) is 0 Å². The molecule has 0 fully saturated rings. The highest BCUT2D eigenvalue weighted by Crippen LogP contribution is 2.12. The number of nitrogens with one attached hydrogen (secondary N) is 2. The lowest BCUT2D eigenvalue weighted by atomic mass is 10.0. The maximum Gasteiger partial charge on any atom is 0.158 e. The van der Waals surface area contributed by atoms with Crippen LogP contribution in [0, 0.1) is 0 Å². The molecule has 0 spiro atoms. The van der Waals surface area contributed by atoms with Crippen LogP contribution in [-0.2, 0) is 19.1 Å². The standard InChI is InChI=1S/C36H72N2O4.2ClH/c1-37(2)29-23-19-15-11-7-5-9-13-17-21-27-35(39)33-41-31-25-26-32-42-34-36(40)28-22-18-14-10-6-8-12-16-20-24-30-38(3)4;;/h5-34H2,1-4H3;2*1H. The average molecular weight is 670 g/mol. The first-order valence-electron chi connectivity index (χ1n) is 18.2. The summed E-state index contributed by atoms with van der Waals surface area (Å²) in [5.41, 5.74) is 0. The fraction of sp³-hybridized carbons (Fsp3) is 0.944. The van der Waals surface area contributed by atoms with Gasteiger partial charge < -0.3 is 44.1 Å². The molecule has 0 heterocycles. The van der Waals surface area contributed by atoms with Crippen molar-refractivity contribution in [3.05, 3.63) is 0 Å². The van der Waals surface area contributed by atoms with Crippen molar-refractivity contribution in [2.75, 3.05) is 67.7 Å². The monoisotopic (exact) mass is 669 g/mol. The highest BCUT2D eigenvalue weighted by Gasteiger charge is 2.04. The molecule has 0 bridgehead atoms. The second-order valence-electron chi connectivity index (χ2n) is 13.4. The summed E-state index contributed by atoms with van der Waals surface area (Å²) in [5.74, 6) is 0.450. The fourth-order valence-electron chi connectivity index (χ4n) is 5.35. The molecule has 0 radical (unpaired) electrons. The largest absolute Gasteiger partial charge is 1.00 e. The molecule has 0 aliphatic heterocycles. The third-order valence-corrected chi connectivity index (χ3v) is 8.12. The number of carbonyl (C=O) groups is 2. The van der Waals surface area contributed by atoms with E-state index in [2.05, 4.69) is 28.2 Å². The fourth-order valence-corrected chi connectivity index (χ4v) is 5.35. The summed E-state index contributed by atoms with van der Waals surface area (Å²) in [6.45, 7) is 4.26. The van der Waals surface area contributed by atoms with Gasteiger partial charge in [0.2, 0.25) is 0 Å². The second-order valence-corrected chi connectivity index (χ2v) is 13.4. The van der Waals surface area contributed by atoms with Crippen molar-refractivity contribution in [1.29, 1.82) is 0 Å². The Hall–Kier alpha value is -0.240. The maximum atomic E-state index is 12.0. The van der Waals surface area contributed by atoms with Crippen LogP contribution in [0.4, 0.5) is 0 Å². The normalized spacial score (nSPS) is 11.1. The van der Waals surface area contributed by atoms with Crippen LogP contribution in [0.3, 0.4) is 0 Å². The van der Waals surface area contributed by atoms with Crippen molar-refractivity contribution in [1.82, 2.24) is 0 Å². The smallest absolute Gasteiger partial charge is 0.158 e. The Morgan fingerprint density at radius 1 is 0.386 bits per heavy atom. The van der Waals surface area contributed by atoms with E-state index in [-0.39, 0.29) is 49.6 Å². The number of carbonyl (C=O) groups excluding carboxylic acids is 2. The van der Waals surface area contributed by atoms with Crippen molar-refractivity contribution in [3.63, 3.8) is 0 Å². The van der Waals surface area contributed by atoms with Gasteiger partial charge in [0, 0.05) is 26.1 Å². The van der Waals surface area contributed by atoms with Crippen molar-refractivity contribution in [2.45, 2.75) is 154 Å². The molecule has 2 N–H and O–H groups in total. The minimum absolute atomic E-state index is 0. The zero-order valence-electron chi connectivity index (χ0n) is 29.6. The van der Waals surface area contributed by atoms with Gasteiger partial charge in [0.15, 0.2) is 11.6 Å². The number of rotatable bonds is 35. The van der Waals surface area contributed by atoms with Gasteiger partial charge in [-0.25, -0.2) is 0 Å². The SMILES string of the molecule is C[NH+](C)CCCCCCCCCCCCC(=O)COCCCCOCC(=O)CCCCCCCCCCCC[NH+](C)C.[Cl-].[Cl-]. The van der Waals surface area contributed by atoms with Gasteiger partial charge in [-0.15, -0.1) is 0 Å². The first kappa shape index (κ1) is 48.2. The van der Waals surface area contributed by atoms with Gasteiger partial charge in [-0.1, -0.05) is 89.9 Å². The first-order valence-corrected chi connectivity index (χ1v) is 18.2. The summed E-state index contributed by atoms with van der Waals surface area (Å²) in [7, 11) is 8.91. The van der Waals surface area contributed by atoms with Gasteiger partial charge in [0.25, 0.3) is 0 Å². The van der Waals surface area contributed by atoms with E-state index < -0.39 is 0 Å². The first-order chi connectivity index (χ1) is 20.4. The molecular weight excluding hydrogens is 595 g/mol. The van der Waals surface area contributed by atoms with Crippen LogP contribution in [0.25, 0.3) is 0 Å². The molecule has 0 aliphatic carbocycles. The number of ether oxygens (including phenoxy) is 2. The molecule has 6 nitrogen and oxygen atoms in total. The molecule has 8 heteroatoms. The van der Waals surface area contributed by atoms with Crippen LogP contribution in [0.15, 0.2) is 0 Å². The van der Waals surface area contributed by atoms with Crippen LogP contribution in [-0.4, -0.2) is 79.3 Å². The van der Waals surface area contributed by atoms with Crippen LogP contribution in [0.1, 0.15) is 154 Å². The molecule has 44 heavy (non-hydrogen) atoms. The summed E-state index contributed by atoms with van der Waals surface area (Å²) in [5, 5.41) is 0. The quantitative estimate of drug-likeness (QED) is 0.0921. The zero-order chi connectivity index (χ0) is 30.9. The summed E-state index contributed by atoms with van der Waals surface area (Å²) >= 11 is 0. The maximum absolute atomic E-state index is 12.0. The van der Waals surface area contributed by atoms with Gasteiger partial charge in [-0.3, -0.25) is 9.59 Å². The van der Waals surface area contributed by atoms with Crippen molar-refractivity contribution < 1.29 is 53.7 Å². The Morgan fingerprint density at radius 3 is 0.909 bits per heavy atom. The van der Waals surface area contributed by atoms with Crippen LogP contribution in [0.5, 0.6) is 0 Å². The number of hydrogen-bond donors (Lipinski definition) is 2. The highest BCUT2D eigenvalue weighted by molar-refractivity contribution is 5.79. The van der Waals surface area contributed by atoms with Crippen molar-refractivity contribution >= 4 is 11.6 Å². The van der Waals surface area contributed by atoms with E-state index in [0.29, 0.717) is 26.1 Å². The van der Waals surface area contributed by atoms with E-state index in [1.54, 1.807) is 9.80 Å². The zero-order valence-corrected chi connectivity index (χ0v) is 31.1. The predicted molar refractivity (Wildman–Crippen MR) is 178 cm³/mol. The Balaban J connectivity index is -0.00000840. The van der Waals surface area contributed by atoms with Crippen LogP contribution < -0.4 is 34.6 Å². The number of Topliss-reactive ketones (excluding diaryl/α,β-unsaturated/α-hetero) is 2. The van der Waals surface area contributed by atoms with Gasteiger partial charge in [0.05, 0.1) is 41.3 Å². The van der Waals surface area contributed by atoms with Gasteiger partial charge in [-0.2, -0.15) is 0 Å². The van der Waals surface area contributed by atoms with Gasteiger partial charge in [-0.05, 0) is 51.4 Å². The summed E-state index contributed by atoms with van der Waals surface area (Å²) in [6.07, 6.45) is 28.8. The average Bonchev–Trinajstić information content (AvgIpc) is 2.95. The molecule has 266 valence electrons. The Kier molecular flexibility index (Phi) is 42.6. The number of hydrogen-bond acceptors (Lipinski definition) is 4. The molecule has 0 aliphatic rings. The summed E-state index contributed by atoms with van der Waals surface area (Å²) < 4.78 is 11.1. The number of halogens is 2. The summed E-state index contributed by atoms with van der Waals surface area (Å²) in [4.78, 5) is 27.1. The topological polar surface area (TPSA) is 61.5 Å². The molecule has 0 saturated carbocycles. The number of quaternary nitrogens is 2. The van der Waals surface area contributed by atoms with E-state index in [4.69, 9.17) is 9.47 Å². The van der Waals surface area contributed by atoms with Crippen LogP contribution >= 0.6 is 0 Å². The minimum atomic E-state index is 0. The van der Waals surface area contributed by atoms with E-state index in [1.165, 1.54) is 116 Å². The minimum Gasteiger partial charge on any atom is -1.00 e. The molecule has 0 aromatic heterocycles. The lowest BCUT2D eigenvalue weighted by molar-refractivity contribution is -0.858. The van der Waals surface area contributed by atoms with E-state index in [1.807, 2.05) is 0 Å². The Bertz CT molecular complexity index is 544. The third kappa shape index (κ3) is 41.8. The predicted octanol–water partition coefficient (Wildman–Crippen LogP) is -0.183. The highest BCUT2D eigenvalue weighted by atomic mass is 35.5. The van der Waals surface area contributed by atoms with E-state index in [9.17, 15) is 9.59 Å². The molecule has 0 aromatic rings. The second kappa shape index (κ2) is 38.9. The summed E-state index contributed by atoms with van der Waals surface area (Å²) in [6, 6.07) is 0. The van der Waals surface area contributed by atoms with Crippen LogP contribution in [0.2, 0.25) is 0 Å². The molecule has 0 unspecified atom stereocenters.